The number of piperidine rings is 3. The molecule has 1 N–H and O–H groups in total. The van der Waals surface area contributed by atoms with Gasteiger partial charge in [-0.25, -0.2) is 13.1 Å². The zero-order chi connectivity index (χ0) is 16.4. The summed E-state index contributed by atoms with van der Waals surface area (Å²) in [5.41, 5.74) is 0.845. The minimum atomic E-state index is -3.45. The number of hydrogen-bond acceptors (Lipinski definition) is 4. The maximum Gasteiger partial charge on any atom is 0.240 e. The number of ether oxygens (including phenoxy) is 1. The molecule has 1 aromatic rings. The van der Waals surface area contributed by atoms with Gasteiger partial charge in [-0.3, -0.25) is 0 Å². The molecule has 1 atom stereocenters. The van der Waals surface area contributed by atoms with E-state index in [0.29, 0.717) is 29.9 Å². The van der Waals surface area contributed by atoms with E-state index in [9.17, 15) is 8.42 Å². The molecule has 5 nitrogen and oxygen atoms in total. The van der Waals surface area contributed by atoms with E-state index in [-0.39, 0.29) is 0 Å². The average Bonchev–Trinajstić information content (AvgIpc) is 2.56. The van der Waals surface area contributed by atoms with Gasteiger partial charge in [-0.05, 0) is 75.4 Å². The molecule has 0 saturated carbocycles. The lowest BCUT2D eigenvalue weighted by molar-refractivity contribution is 0.0536. The topological polar surface area (TPSA) is 58.6 Å². The van der Waals surface area contributed by atoms with E-state index >= 15 is 0 Å². The van der Waals surface area contributed by atoms with Gasteiger partial charge in [0.05, 0.1) is 11.5 Å². The normalized spacial score (nSPS) is 27.1. The van der Waals surface area contributed by atoms with Crippen molar-refractivity contribution in [3.05, 3.63) is 23.8 Å². The summed E-state index contributed by atoms with van der Waals surface area (Å²) in [7, 11) is -3.45. The maximum absolute atomic E-state index is 12.5. The average molecular weight is 338 g/mol. The van der Waals surface area contributed by atoms with Crippen molar-refractivity contribution >= 4 is 10.0 Å². The summed E-state index contributed by atoms with van der Waals surface area (Å²) in [6.45, 7) is 8.27. The van der Waals surface area contributed by atoms with Crippen molar-refractivity contribution in [2.75, 3.05) is 32.8 Å². The minimum absolute atomic E-state index is 0.319. The first-order chi connectivity index (χ1) is 11.0. The Morgan fingerprint density at radius 2 is 2.04 bits per heavy atom. The fourth-order valence-corrected chi connectivity index (χ4v) is 4.90. The first-order valence-corrected chi connectivity index (χ1v) is 9.93. The summed E-state index contributed by atoms with van der Waals surface area (Å²) in [5.74, 6) is 1.85. The Hall–Kier alpha value is -1.11. The largest absolute Gasteiger partial charge is 0.494 e. The number of aryl methyl sites for hydroxylation is 1. The minimum Gasteiger partial charge on any atom is -0.494 e. The Morgan fingerprint density at radius 1 is 1.30 bits per heavy atom. The Morgan fingerprint density at radius 3 is 2.61 bits per heavy atom. The zero-order valence-corrected chi connectivity index (χ0v) is 14.7. The van der Waals surface area contributed by atoms with Crippen molar-refractivity contribution in [3.8, 4) is 5.75 Å². The van der Waals surface area contributed by atoms with Gasteiger partial charge in [0.15, 0.2) is 0 Å². The van der Waals surface area contributed by atoms with Crippen LogP contribution in [0, 0.1) is 18.8 Å². The third-order valence-corrected chi connectivity index (χ3v) is 6.50. The molecular formula is C17H26N2O3S. The number of rotatable bonds is 6. The highest BCUT2D eigenvalue weighted by Crippen LogP contribution is 2.32. The van der Waals surface area contributed by atoms with Crippen LogP contribution in [0.4, 0.5) is 0 Å². The van der Waals surface area contributed by atoms with Gasteiger partial charge in [-0.1, -0.05) is 0 Å². The van der Waals surface area contributed by atoms with Gasteiger partial charge in [0, 0.05) is 13.1 Å². The van der Waals surface area contributed by atoms with Crippen LogP contribution in [0.15, 0.2) is 23.1 Å². The van der Waals surface area contributed by atoms with E-state index in [1.54, 1.807) is 18.2 Å². The molecule has 2 bridgehead atoms. The number of nitrogens with one attached hydrogen (secondary N) is 1. The molecule has 23 heavy (non-hydrogen) atoms. The second-order valence-corrected chi connectivity index (χ2v) is 8.38. The van der Waals surface area contributed by atoms with Crippen LogP contribution < -0.4 is 9.46 Å². The van der Waals surface area contributed by atoms with E-state index < -0.39 is 10.0 Å². The van der Waals surface area contributed by atoms with Crippen LogP contribution in [-0.2, 0) is 10.0 Å². The Labute approximate surface area is 139 Å². The molecule has 3 aliphatic rings. The molecule has 0 amide bonds. The summed E-state index contributed by atoms with van der Waals surface area (Å²) < 4.78 is 33.4. The Balaban J connectivity index is 1.66. The van der Waals surface area contributed by atoms with Crippen LogP contribution >= 0.6 is 0 Å². The molecule has 0 spiro atoms. The highest BCUT2D eigenvalue weighted by molar-refractivity contribution is 7.89. The highest BCUT2D eigenvalue weighted by Gasteiger charge is 2.34. The first kappa shape index (κ1) is 16.7. The zero-order valence-electron chi connectivity index (χ0n) is 13.9. The fourth-order valence-electron chi connectivity index (χ4n) is 3.73. The molecule has 0 aliphatic carbocycles. The molecule has 1 unspecified atom stereocenters. The quantitative estimate of drug-likeness (QED) is 0.862. The number of benzene rings is 1. The van der Waals surface area contributed by atoms with E-state index in [1.807, 2.05) is 13.8 Å². The highest BCUT2D eigenvalue weighted by atomic mass is 32.2. The van der Waals surface area contributed by atoms with Gasteiger partial charge in [-0.2, -0.15) is 0 Å². The molecular weight excluding hydrogens is 312 g/mol. The monoisotopic (exact) mass is 338 g/mol. The van der Waals surface area contributed by atoms with Crippen molar-refractivity contribution in [1.82, 2.24) is 9.62 Å². The van der Waals surface area contributed by atoms with Crippen LogP contribution in [0.1, 0.15) is 25.3 Å². The van der Waals surface area contributed by atoms with Gasteiger partial charge >= 0.3 is 0 Å². The van der Waals surface area contributed by atoms with Crippen LogP contribution in [0.3, 0.4) is 0 Å². The predicted molar refractivity (Wildman–Crippen MR) is 90.2 cm³/mol. The predicted octanol–water partition coefficient (Wildman–Crippen LogP) is 2.01. The third-order valence-electron chi connectivity index (χ3n) is 5.08. The van der Waals surface area contributed by atoms with Gasteiger partial charge in [0.1, 0.15) is 5.75 Å². The third kappa shape index (κ3) is 3.70. The molecule has 3 saturated heterocycles. The SMILES string of the molecule is CCOc1ccc(S(=O)(=O)NCC2CN3CCC2CC3)cc1C. The van der Waals surface area contributed by atoms with Crippen molar-refractivity contribution in [1.29, 1.82) is 0 Å². The van der Waals surface area contributed by atoms with Crippen molar-refractivity contribution in [2.24, 2.45) is 11.8 Å². The molecule has 0 radical (unpaired) electrons. The van der Waals surface area contributed by atoms with E-state index in [1.165, 1.54) is 25.9 Å². The molecule has 3 heterocycles. The molecule has 3 fully saturated rings. The first-order valence-electron chi connectivity index (χ1n) is 8.45. The smallest absolute Gasteiger partial charge is 0.240 e. The summed E-state index contributed by atoms with van der Waals surface area (Å²) >= 11 is 0. The van der Waals surface area contributed by atoms with Crippen LogP contribution in [-0.4, -0.2) is 46.1 Å². The molecule has 3 aliphatic heterocycles. The lowest BCUT2D eigenvalue weighted by Crippen LogP contribution is -2.50. The molecule has 6 heteroatoms. The lowest BCUT2D eigenvalue weighted by Gasteiger charge is -2.44. The summed E-state index contributed by atoms with van der Waals surface area (Å²) in [6, 6.07) is 5.04. The summed E-state index contributed by atoms with van der Waals surface area (Å²) in [5, 5.41) is 0. The van der Waals surface area contributed by atoms with Crippen LogP contribution in [0.25, 0.3) is 0 Å². The molecule has 0 aromatic heterocycles. The number of fused-ring (bicyclic) bond motifs is 3. The number of hydrogen-bond donors (Lipinski definition) is 1. The van der Waals surface area contributed by atoms with Crippen molar-refractivity contribution in [3.63, 3.8) is 0 Å². The van der Waals surface area contributed by atoms with Crippen molar-refractivity contribution in [2.45, 2.75) is 31.6 Å². The number of nitrogens with zero attached hydrogens (tertiary/aromatic N) is 1. The molecule has 1 aromatic carbocycles. The van der Waals surface area contributed by atoms with E-state index in [4.69, 9.17) is 4.74 Å². The second kappa shape index (κ2) is 6.79. The Bertz CT molecular complexity index is 652. The standard InChI is InChI=1S/C17H26N2O3S/c1-3-22-17-5-4-16(10-13(17)2)23(20,21)18-11-15-12-19-8-6-14(15)7-9-19/h4-5,10,14-15,18H,3,6-9,11-12H2,1-2H3. The number of sulfonamides is 1. The Kier molecular flexibility index (Phi) is 4.94. The van der Waals surface area contributed by atoms with Gasteiger partial charge < -0.3 is 9.64 Å². The summed E-state index contributed by atoms with van der Waals surface area (Å²) in [4.78, 5) is 2.76. The van der Waals surface area contributed by atoms with Crippen LogP contribution in [0.2, 0.25) is 0 Å². The van der Waals surface area contributed by atoms with Gasteiger partial charge in [-0.15, -0.1) is 0 Å². The van der Waals surface area contributed by atoms with Gasteiger partial charge in [0.25, 0.3) is 0 Å². The lowest BCUT2D eigenvalue weighted by atomic mass is 9.79. The van der Waals surface area contributed by atoms with E-state index in [0.717, 1.165) is 17.9 Å². The van der Waals surface area contributed by atoms with E-state index in [2.05, 4.69) is 9.62 Å². The molecule has 4 rings (SSSR count). The second-order valence-electron chi connectivity index (χ2n) is 6.61. The fraction of sp³-hybridized carbons (Fsp3) is 0.647. The summed E-state index contributed by atoms with van der Waals surface area (Å²) in [6.07, 6.45) is 2.41. The molecule has 128 valence electrons. The van der Waals surface area contributed by atoms with Crippen LogP contribution in [0.5, 0.6) is 5.75 Å². The van der Waals surface area contributed by atoms with Crippen molar-refractivity contribution < 1.29 is 13.2 Å². The van der Waals surface area contributed by atoms with Gasteiger partial charge in [0.2, 0.25) is 10.0 Å². The maximum atomic E-state index is 12.5.